The first-order chi connectivity index (χ1) is 7.58. The van der Waals surface area contributed by atoms with Gasteiger partial charge in [-0.05, 0) is 13.8 Å². The first kappa shape index (κ1) is 14.4. The summed E-state index contributed by atoms with van der Waals surface area (Å²) in [4.78, 5) is 11.8. The van der Waals surface area contributed by atoms with Crippen LogP contribution in [0.3, 0.4) is 0 Å². The van der Waals surface area contributed by atoms with Crippen molar-refractivity contribution in [1.29, 1.82) is 0 Å². The van der Waals surface area contributed by atoms with E-state index in [1.807, 2.05) is 0 Å². The number of nitrogens with one attached hydrogen (secondary N) is 1. The molecule has 7 heteroatoms. The maximum atomic E-state index is 11.8. The molecule has 0 aromatic carbocycles. The highest BCUT2D eigenvalue weighted by atomic mass is 32.2. The second-order valence-corrected chi connectivity index (χ2v) is 7.56. The fraction of sp³-hybridized carbons (Fsp3) is 0.900. The number of ether oxygens (including phenoxy) is 1. The summed E-state index contributed by atoms with van der Waals surface area (Å²) in [5.74, 6) is -0.611. The van der Waals surface area contributed by atoms with Crippen molar-refractivity contribution >= 4 is 15.7 Å². The highest BCUT2D eigenvalue weighted by Gasteiger charge is 2.40. The number of hydrogen-bond acceptors (Lipinski definition) is 5. The van der Waals surface area contributed by atoms with Crippen LogP contribution in [0.2, 0.25) is 0 Å². The van der Waals surface area contributed by atoms with Gasteiger partial charge in [0, 0.05) is 25.8 Å². The van der Waals surface area contributed by atoms with Crippen LogP contribution in [-0.2, 0) is 19.4 Å². The van der Waals surface area contributed by atoms with Crippen molar-refractivity contribution in [2.75, 3.05) is 26.0 Å². The molecule has 0 bridgehead atoms. The van der Waals surface area contributed by atoms with Gasteiger partial charge in [0.1, 0.15) is 10.3 Å². The zero-order valence-corrected chi connectivity index (χ0v) is 11.1. The van der Waals surface area contributed by atoms with Crippen molar-refractivity contribution in [3.05, 3.63) is 0 Å². The van der Waals surface area contributed by atoms with Gasteiger partial charge < -0.3 is 15.2 Å². The largest absolute Gasteiger partial charge is 0.386 e. The number of rotatable bonds is 4. The molecule has 1 rings (SSSR count). The average molecular weight is 265 g/mol. The third kappa shape index (κ3) is 3.17. The lowest BCUT2D eigenvalue weighted by atomic mass is 10.0. The quantitative estimate of drug-likeness (QED) is 0.685. The Hall–Kier alpha value is -0.660. The van der Waals surface area contributed by atoms with Crippen molar-refractivity contribution in [3.8, 4) is 0 Å². The average Bonchev–Trinajstić information content (AvgIpc) is 2.60. The van der Waals surface area contributed by atoms with E-state index in [4.69, 9.17) is 4.74 Å². The summed E-state index contributed by atoms with van der Waals surface area (Å²) >= 11 is 0. The highest BCUT2D eigenvalue weighted by molar-refractivity contribution is 7.92. The SMILES string of the molecule is CC(C)(C(=O)NCC1(O)CCOC1)S(C)(=O)=O. The third-order valence-electron chi connectivity index (χ3n) is 3.13. The van der Waals surface area contributed by atoms with Gasteiger partial charge in [-0.2, -0.15) is 0 Å². The molecule has 1 fully saturated rings. The number of hydrogen-bond donors (Lipinski definition) is 2. The Bertz CT molecular complexity index is 395. The Kier molecular flexibility index (Phi) is 3.85. The number of carbonyl (C=O) groups is 1. The summed E-state index contributed by atoms with van der Waals surface area (Å²) in [6, 6.07) is 0. The van der Waals surface area contributed by atoms with Gasteiger partial charge in [-0.1, -0.05) is 0 Å². The monoisotopic (exact) mass is 265 g/mol. The molecule has 1 heterocycles. The second kappa shape index (κ2) is 4.55. The first-order valence-electron chi connectivity index (χ1n) is 5.37. The molecule has 6 nitrogen and oxygen atoms in total. The van der Waals surface area contributed by atoms with Gasteiger partial charge in [-0.3, -0.25) is 4.79 Å². The summed E-state index contributed by atoms with van der Waals surface area (Å²) in [5, 5.41) is 12.4. The van der Waals surface area contributed by atoms with E-state index in [9.17, 15) is 18.3 Å². The number of carbonyl (C=O) groups excluding carboxylic acids is 1. The lowest BCUT2D eigenvalue weighted by molar-refractivity contribution is -0.124. The predicted molar refractivity (Wildman–Crippen MR) is 62.3 cm³/mol. The van der Waals surface area contributed by atoms with Gasteiger partial charge in [0.25, 0.3) is 0 Å². The minimum Gasteiger partial charge on any atom is -0.386 e. The molecule has 1 amide bonds. The first-order valence-corrected chi connectivity index (χ1v) is 7.26. The van der Waals surface area contributed by atoms with Crippen LogP contribution in [0, 0.1) is 0 Å². The van der Waals surface area contributed by atoms with Crippen molar-refractivity contribution in [3.63, 3.8) is 0 Å². The number of aliphatic hydroxyl groups is 1. The highest BCUT2D eigenvalue weighted by Crippen LogP contribution is 2.19. The number of sulfone groups is 1. The van der Waals surface area contributed by atoms with Gasteiger partial charge >= 0.3 is 0 Å². The number of amides is 1. The van der Waals surface area contributed by atoms with Crippen LogP contribution in [0.5, 0.6) is 0 Å². The molecule has 1 atom stereocenters. The Morgan fingerprint density at radius 2 is 2.12 bits per heavy atom. The Morgan fingerprint density at radius 1 is 1.53 bits per heavy atom. The molecule has 0 aromatic heterocycles. The van der Waals surface area contributed by atoms with Crippen molar-refractivity contribution < 1.29 is 23.1 Å². The van der Waals surface area contributed by atoms with Crippen molar-refractivity contribution in [2.24, 2.45) is 0 Å². The topological polar surface area (TPSA) is 92.7 Å². The Morgan fingerprint density at radius 3 is 2.53 bits per heavy atom. The van der Waals surface area contributed by atoms with Gasteiger partial charge in [-0.15, -0.1) is 0 Å². The van der Waals surface area contributed by atoms with Crippen LogP contribution >= 0.6 is 0 Å². The molecule has 0 aliphatic carbocycles. The predicted octanol–water partition coefficient (Wildman–Crippen LogP) is -0.923. The fourth-order valence-electron chi connectivity index (χ4n) is 1.36. The Labute approximate surface area is 101 Å². The summed E-state index contributed by atoms with van der Waals surface area (Å²) < 4.78 is 26.4. The van der Waals surface area contributed by atoms with E-state index in [1.54, 1.807) is 0 Å². The van der Waals surface area contributed by atoms with Crippen LogP contribution in [0.1, 0.15) is 20.3 Å². The van der Waals surface area contributed by atoms with Crippen LogP contribution < -0.4 is 5.32 Å². The molecule has 100 valence electrons. The van der Waals surface area contributed by atoms with E-state index in [0.717, 1.165) is 6.26 Å². The third-order valence-corrected chi connectivity index (χ3v) is 5.17. The minimum absolute atomic E-state index is 0.00475. The van der Waals surface area contributed by atoms with Crippen LogP contribution in [0.4, 0.5) is 0 Å². The summed E-state index contributed by atoms with van der Waals surface area (Å²) in [6.45, 7) is 3.29. The van der Waals surface area contributed by atoms with Crippen molar-refractivity contribution in [1.82, 2.24) is 5.32 Å². The Balaban J connectivity index is 2.61. The zero-order chi connectivity index (χ0) is 13.3. The molecular formula is C10H19NO5S. The summed E-state index contributed by atoms with van der Waals surface area (Å²) in [6.07, 6.45) is 1.45. The van der Waals surface area contributed by atoms with E-state index >= 15 is 0 Å². The lowest BCUT2D eigenvalue weighted by Gasteiger charge is -2.25. The van der Waals surface area contributed by atoms with E-state index < -0.39 is 26.1 Å². The van der Waals surface area contributed by atoms with Crippen LogP contribution in [-0.4, -0.2) is 55.8 Å². The van der Waals surface area contributed by atoms with Crippen LogP contribution in [0.25, 0.3) is 0 Å². The normalized spacial score (nSPS) is 25.9. The summed E-state index contributed by atoms with van der Waals surface area (Å²) in [7, 11) is -3.49. The lowest BCUT2D eigenvalue weighted by Crippen LogP contribution is -2.52. The molecule has 0 spiro atoms. The molecular weight excluding hydrogens is 246 g/mol. The van der Waals surface area contributed by atoms with Gasteiger partial charge in [-0.25, -0.2) is 8.42 Å². The minimum atomic E-state index is -3.49. The van der Waals surface area contributed by atoms with Gasteiger partial charge in [0.05, 0.1) is 6.61 Å². The molecule has 1 unspecified atom stereocenters. The molecule has 0 radical (unpaired) electrons. The van der Waals surface area contributed by atoms with E-state index in [1.165, 1.54) is 13.8 Å². The molecule has 17 heavy (non-hydrogen) atoms. The molecule has 1 aliphatic heterocycles. The molecule has 1 saturated heterocycles. The fourth-order valence-corrected chi connectivity index (χ4v) is 1.77. The zero-order valence-electron chi connectivity index (χ0n) is 10.3. The molecule has 2 N–H and O–H groups in total. The smallest absolute Gasteiger partial charge is 0.240 e. The maximum Gasteiger partial charge on any atom is 0.240 e. The molecule has 0 aromatic rings. The van der Waals surface area contributed by atoms with E-state index in [0.29, 0.717) is 13.0 Å². The van der Waals surface area contributed by atoms with Gasteiger partial charge in [0.15, 0.2) is 9.84 Å². The van der Waals surface area contributed by atoms with Crippen LogP contribution in [0.15, 0.2) is 0 Å². The standard InChI is InChI=1S/C10H19NO5S/c1-9(2,17(3,14)15)8(12)11-6-10(13)4-5-16-7-10/h13H,4-7H2,1-3H3,(H,11,12). The molecule has 0 saturated carbocycles. The van der Waals surface area contributed by atoms with Crippen molar-refractivity contribution in [2.45, 2.75) is 30.6 Å². The summed E-state index contributed by atoms with van der Waals surface area (Å²) in [5.41, 5.74) is -1.08. The molecule has 1 aliphatic rings. The van der Waals surface area contributed by atoms with E-state index in [2.05, 4.69) is 5.32 Å². The maximum absolute atomic E-state index is 11.8. The second-order valence-electron chi connectivity index (χ2n) is 4.99. The van der Waals surface area contributed by atoms with Gasteiger partial charge in [0.2, 0.25) is 5.91 Å². The van der Waals surface area contributed by atoms with E-state index in [-0.39, 0.29) is 13.2 Å².